The Bertz CT molecular complexity index is 266. The van der Waals surface area contributed by atoms with E-state index in [1.807, 2.05) is 11.8 Å². The maximum atomic E-state index is 11.6. The van der Waals surface area contributed by atoms with Gasteiger partial charge in [-0.2, -0.15) is 11.8 Å². The van der Waals surface area contributed by atoms with E-state index in [1.165, 1.54) is 4.90 Å². The summed E-state index contributed by atoms with van der Waals surface area (Å²) >= 11 is 1.88. The van der Waals surface area contributed by atoms with Crippen molar-refractivity contribution < 1.29 is 9.59 Å². The number of amides is 2. The molecule has 1 atom stereocenters. The first-order valence-corrected chi connectivity index (χ1v) is 5.98. The summed E-state index contributed by atoms with van der Waals surface area (Å²) in [6.07, 6.45) is 1.14. The van der Waals surface area contributed by atoms with E-state index in [0.717, 1.165) is 11.5 Å². The molecule has 2 aliphatic heterocycles. The standard InChI is InChI=1S/C9H14N2O2S/c1-11-8(12)3-2-7(9(11)13)10-6-4-14-5-6/h6-7,10H,2-5H2,1H3. The highest BCUT2D eigenvalue weighted by Gasteiger charge is 2.34. The summed E-state index contributed by atoms with van der Waals surface area (Å²) in [5.74, 6) is 2.04. The lowest BCUT2D eigenvalue weighted by atomic mass is 10.0. The zero-order chi connectivity index (χ0) is 10.1. The van der Waals surface area contributed by atoms with Crippen LogP contribution in [0.2, 0.25) is 0 Å². The first-order chi connectivity index (χ1) is 6.68. The van der Waals surface area contributed by atoms with Crippen molar-refractivity contribution >= 4 is 23.6 Å². The molecule has 2 fully saturated rings. The van der Waals surface area contributed by atoms with Crippen LogP contribution in [0.3, 0.4) is 0 Å². The average Bonchev–Trinajstić information content (AvgIpc) is 2.10. The molecule has 2 amide bonds. The fourth-order valence-electron chi connectivity index (χ4n) is 1.69. The summed E-state index contributed by atoms with van der Waals surface area (Å²) in [4.78, 5) is 24.1. The maximum Gasteiger partial charge on any atom is 0.246 e. The van der Waals surface area contributed by atoms with Gasteiger partial charge in [-0.05, 0) is 6.42 Å². The van der Waals surface area contributed by atoms with Crippen molar-refractivity contribution in [2.45, 2.75) is 24.9 Å². The van der Waals surface area contributed by atoms with Crippen LogP contribution in [0.4, 0.5) is 0 Å². The molecule has 0 aromatic carbocycles. The molecule has 2 saturated heterocycles. The second-order valence-electron chi connectivity index (χ2n) is 3.78. The number of thioether (sulfide) groups is 1. The Labute approximate surface area is 87.4 Å². The number of likely N-dealkylation sites (tertiary alicyclic amines) is 1. The van der Waals surface area contributed by atoms with E-state index < -0.39 is 0 Å². The number of imide groups is 1. The van der Waals surface area contributed by atoms with Crippen LogP contribution in [0.25, 0.3) is 0 Å². The van der Waals surface area contributed by atoms with Gasteiger partial charge in [0.15, 0.2) is 0 Å². The SMILES string of the molecule is CN1C(=O)CCC(NC2CSC2)C1=O. The average molecular weight is 214 g/mol. The Morgan fingerprint density at radius 2 is 2.14 bits per heavy atom. The predicted molar refractivity (Wildman–Crippen MR) is 55.0 cm³/mol. The Kier molecular flexibility index (Phi) is 2.78. The Morgan fingerprint density at radius 3 is 2.71 bits per heavy atom. The van der Waals surface area contributed by atoms with Gasteiger partial charge < -0.3 is 5.32 Å². The minimum atomic E-state index is -0.136. The van der Waals surface area contributed by atoms with Gasteiger partial charge in [0.05, 0.1) is 6.04 Å². The number of likely N-dealkylation sites (N-methyl/N-ethyl adjacent to an activating group) is 1. The molecule has 2 rings (SSSR count). The second-order valence-corrected chi connectivity index (χ2v) is 4.86. The van der Waals surface area contributed by atoms with Crippen molar-refractivity contribution in [2.24, 2.45) is 0 Å². The fourth-order valence-corrected chi connectivity index (χ4v) is 2.35. The normalized spacial score (nSPS) is 29.2. The van der Waals surface area contributed by atoms with Crippen molar-refractivity contribution in [3.63, 3.8) is 0 Å². The van der Waals surface area contributed by atoms with Gasteiger partial charge in [-0.15, -0.1) is 0 Å². The van der Waals surface area contributed by atoms with Crippen LogP contribution in [0, 0.1) is 0 Å². The molecule has 4 nitrogen and oxygen atoms in total. The van der Waals surface area contributed by atoms with Crippen LogP contribution in [0.1, 0.15) is 12.8 Å². The van der Waals surface area contributed by atoms with Crippen LogP contribution in [0.5, 0.6) is 0 Å². The molecule has 1 unspecified atom stereocenters. The van der Waals surface area contributed by atoms with Gasteiger partial charge >= 0.3 is 0 Å². The molecule has 2 heterocycles. The summed E-state index contributed by atoms with van der Waals surface area (Å²) in [5, 5.41) is 3.29. The van der Waals surface area contributed by atoms with E-state index in [-0.39, 0.29) is 17.9 Å². The highest BCUT2D eigenvalue weighted by Crippen LogP contribution is 2.20. The first-order valence-electron chi connectivity index (χ1n) is 4.82. The molecular weight excluding hydrogens is 200 g/mol. The fraction of sp³-hybridized carbons (Fsp3) is 0.778. The number of piperidine rings is 1. The van der Waals surface area contributed by atoms with Gasteiger partial charge in [-0.3, -0.25) is 14.5 Å². The van der Waals surface area contributed by atoms with E-state index in [2.05, 4.69) is 5.32 Å². The third-order valence-corrected chi connectivity index (χ3v) is 4.00. The minimum Gasteiger partial charge on any atom is -0.301 e. The van der Waals surface area contributed by atoms with E-state index in [4.69, 9.17) is 0 Å². The summed E-state index contributed by atoms with van der Waals surface area (Å²) < 4.78 is 0. The van der Waals surface area contributed by atoms with Gasteiger partial charge in [-0.1, -0.05) is 0 Å². The number of nitrogens with zero attached hydrogens (tertiary/aromatic N) is 1. The Hall–Kier alpha value is -0.550. The van der Waals surface area contributed by atoms with E-state index in [1.54, 1.807) is 7.05 Å². The highest BCUT2D eigenvalue weighted by molar-refractivity contribution is 8.00. The molecule has 14 heavy (non-hydrogen) atoms. The lowest BCUT2D eigenvalue weighted by molar-refractivity contribution is -0.148. The number of hydrogen-bond donors (Lipinski definition) is 1. The third kappa shape index (κ3) is 1.79. The molecule has 0 aliphatic carbocycles. The van der Waals surface area contributed by atoms with Crippen LogP contribution >= 0.6 is 11.8 Å². The Morgan fingerprint density at radius 1 is 1.43 bits per heavy atom. The van der Waals surface area contributed by atoms with Crippen LogP contribution in [-0.2, 0) is 9.59 Å². The summed E-state index contributed by atoms with van der Waals surface area (Å²) in [7, 11) is 1.56. The highest BCUT2D eigenvalue weighted by atomic mass is 32.2. The molecule has 0 saturated carbocycles. The van der Waals surface area contributed by atoms with Crippen molar-refractivity contribution in [3.05, 3.63) is 0 Å². The maximum absolute atomic E-state index is 11.6. The minimum absolute atomic E-state index is 0.0592. The number of carbonyl (C=O) groups is 2. The number of hydrogen-bond acceptors (Lipinski definition) is 4. The summed E-state index contributed by atoms with van der Waals surface area (Å²) in [6.45, 7) is 0. The molecule has 5 heteroatoms. The quantitative estimate of drug-likeness (QED) is 0.649. The molecule has 1 N–H and O–H groups in total. The molecular formula is C9H14N2O2S. The van der Waals surface area contributed by atoms with Crippen molar-refractivity contribution in [1.29, 1.82) is 0 Å². The second kappa shape index (κ2) is 3.90. The van der Waals surface area contributed by atoms with Crippen molar-refractivity contribution in [1.82, 2.24) is 10.2 Å². The van der Waals surface area contributed by atoms with Gasteiger partial charge in [0, 0.05) is 31.0 Å². The number of carbonyl (C=O) groups excluding carboxylic acids is 2. The van der Waals surface area contributed by atoms with E-state index in [9.17, 15) is 9.59 Å². The first kappa shape index (κ1) is 9.98. The van der Waals surface area contributed by atoms with Gasteiger partial charge in [-0.25, -0.2) is 0 Å². The predicted octanol–water partition coefficient (Wildman–Crippen LogP) is -0.161. The lowest BCUT2D eigenvalue weighted by Crippen LogP contribution is -2.56. The smallest absolute Gasteiger partial charge is 0.246 e. The van der Waals surface area contributed by atoms with Gasteiger partial charge in [0.25, 0.3) is 0 Å². The largest absolute Gasteiger partial charge is 0.301 e. The topological polar surface area (TPSA) is 49.4 Å². The zero-order valence-corrected chi connectivity index (χ0v) is 8.97. The summed E-state index contributed by atoms with van der Waals surface area (Å²) in [5.41, 5.74) is 0. The molecule has 78 valence electrons. The lowest BCUT2D eigenvalue weighted by Gasteiger charge is -2.34. The third-order valence-electron chi connectivity index (χ3n) is 2.72. The van der Waals surface area contributed by atoms with E-state index in [0.29, 0.717) is 18.9 Å². The van der Waals surface area contributed by atoms with Crippen molar-refractivity contribution in [3.8, 4) is 0 Å². The van der Waals surface area contributed by atoms with Crippen LogP contribution in [-0.4, -0.2) is 47.4 Å². The summed E-state index contributed by atoms with van der Waals surface area (Å²) in [6, 6.07) is 0.333. The van der Waals surface area contributed by atoms with Crippen LogP contribution in [0.15, 0.2) is 0 Å². The van der Waals surface area contributed by atoms with Gasteiger partial charge in [0.1, 0.15) is 0 Å². The monoisotopic (exact) mass is 214 g/mol. The van der Waals surface area contributed by atoms with Crippen molar-refractivity contribution in [2.75, 3.05) is 18.6 Å². The number of nitrogens with one attached hydrogen (secondary N) is 1. The van der Waals surface area contributed by atoms with E-state index >= 15 is 0 Å². The zero-order valence-electron chi connectivity index (χ0n) is 8.16. The molecule has 0 aromatic heterocycles. The molecule has 0 aromatic rings. The van der Waals surface area contributed by atoms with Crippen LogP contribution < -0.4 is 5.32 Å². The Balaban J connectivity index is 1.92. The van der Waals surface area contributed by atoms with Gasteiger partial charge in [0.2, 0.25) is 11.8 Å². The number of rotatable bonds is 2. The molecule has 0 bridgehead atoms. The molecule has 0 radical (unpaired) electrons. The molecule has 2 aliphatic rings. The molecule has 0 spiro atoms.